The van der Waals surface area contributed by atoms with Crippen molar-refractivity contribution in [3.05, 3.63) is 29.8 Å². The molecule has 0 unspecified atom stereocenters. The highest BCUT2D eigenvalue weighted by Crippen LogP contribution is 2.33. The summed E-state index contributed by atoms with van der Waals surface area (Å²) >= 11 is 0. The van der Waals surface area contributed by atoms with Crippen molar-refractivity contribution in [2.75, 3.05) is 18.0 Å². The molecule has 2 rings (SSSR count). The lowest BCUT2D eigenvalue weighted by Gasteiger charge is -2.36. The molecule has 0 aromatic heterocycles. The second-order valence-electron chi connectivity index (χ2n) is 4.41. The third-order valence-electron chi connectivity index (χ3n) is 3.56. The normalized spacial score (nSPS) is 15.5. The van der Waals surface area contributed by atoms with Gasteiger partial charge in [-0.15, -0.1) is 0 Å². The summed E-state index contributed by atoms with van der Waals surface area (Å²) in [6.45, 7) is 7.08. The van der Waals surface area contributed by atoms with Crippen LogP contribution in [0.15, 0.2) is 24.3 Å². The minimum absolute atomic E-state index is 0.738. The van der Waals surface area contributed by atoms with Gasteiger partial charge in [0.05, 0.1) is 0 Å². The third kappa shape index (κ3) is 2.01. The zero-order chi connectivity index (χ0) is 10.7. The van der Waals surface area contributed by atoms with Crippen LogP contribution in [-0.4, -0.2) is 13.1 Å². The van der Waals surface area contributed by atoms with Gasteiger partial charge in [-0.2, -0.15) is 0 Å². The molecule has 1 saturated heterocycles. The van der Waals surface area contributed by atoms with Gasteiger partial charge in [0.1, 0.15) is 0 Å². The Kier molecular flexibility index (Phi) is 3.30. The second kappa shape index (κ2) is 4.69. The molecule has 1 nitrogen and oxygen atoms in total. The van der Waals surface area contributed by atoms with E-state index in [1.807, 2.05) is 0 Å². The molecule has 0 saturated carbocycles. The zero-order valence-corrected chi connectivity index (χ0v) is 9.87. The Morgan fingerprint density at radius 3 is 2.33 bits per heavy atom. The van der Waals surface area contributed by atoms with Crippen LogP contribution in [0.3, 0.4) is 0 Å². The van der Waals surface area contributed by atoms with E-state index in [4.69, 9.17) is 0 Å². The van der Waals surface area contributed by atoms with Gasteiger partial charge in [0.25, 0.3) is 0 Å². The lowest BCUT2D eigenvalue weighted by atomic mass is 9.91. The van der Waals surface area contributed by atoms with Crippen molar-refractivity contribution >= 4 is 5.69 Å². The summed E-state index contributed by atoms with van der Waals surface area (Å²) in [6, 6.07) is 8.94. The van der Waals surface area contributed by atoms with Crippen LogP contribution >= 0.6 is 0 Å². The molecule has 0 N–H and O–H groups in total. The summed E-state index contributed by atoms with van der Waals surface area (Å²) in [5.74, 6) is 0.738. The highest BCUT2D eigenvalue weighted by atomic mass is 15.2. The van der Waals surface area contributed by atoms with Crippen molar-refractivity contribution in [2.24, 2.45) is 0 Å². The quantitative estimate of drug-likeness (QED) is 0.719. The summed E-state index contributed by atoms with van der Waals surface area (Å²) in [5.41, 5.74) is 3.04. The van der Waals surface area contributed by atoms with Crippen molar-refractivity contribution in [3.8, 4) is 0 Å². The highest BCUT2D eigenvalue weighted by Gasteiger charge is 2.19. The van der Waals surface area contributed by atoms with E-state index in [2.05, 4.69) is 43.0 Å². The van der Waals surface area contributed by atoms with Gasteiger partial charge < -0.3 is 4.90 Å². The summed E-state index contributed by atoms with van der Waals surface area (Å²) < 4.78 is 0. The van der Waals surface area contributed by atoms with Crippen LogP contribution < -0.4 is 4.90 Å². The zero-order valence-electron chi connectivity index (χ0n) is 9.87. The first kappa shape index (κ1) is 10.5. The molecule has 1 aromatic rings. The first-order chi connectivity index (χ1) is 7.36. The maximum absolute atomic E-state index is 2.51. The Balaban J connectivity index is 2.27. The van der Waals surface area contributed by atoms with E-state index >= 15 is 0 Å². The molecule has 1 fully saturated rings. The minimum Gasteiger partial charge on any atom is -0.371 e. The average Bonchev–Trinajstić information content (AvgIpc) is 2.20. The van der Waals surface area contributed by atoms with Crippen LogP contribution in [0.2, 0.25) is 0 Å². The van der Waals surface area contributed by atoms with Gasteiger partial charge in [-0.3, -0.25) is 0 Å². The fourth-order valence-electron chi connectivity index (χ4n) is 2.41. The van der Waals surface area contributed by atoms with Crippen LogP contribution in [0.4, 0.5) is 5.69 Å². The SMILES string of the molecule is CCC(CC)c1ccccc1N1CCC1. The number of nitrogens with zero attached hydrogens (tertiary/aromatic N) is 1. The monoisotopic (exact) mass is 203 g/mol. The number of anilines is 1. The molecular formula is C14H21N. The molecule has 1 heteroatoms. The maximum atomic E-state index is 2.51. The van der Waals surface area contributed by atoms with Gasteiger partial charge in [0.2, 0.25) is 0 Å². The Morgan fingerprint density at radius 2 is 1.80 bits per heavy atom. The topological polar surface area (TPSA) is 3.24 Å². The first-order valence-corrected chi connectivity index (χ1v) is 6.20. The Bertz CT molecular complexity index is 311. The van der Waals surface area contributed by atoms with E-state index in [1.165, 1.54) is 38.0 Å². The molecule has 1 aromatic carbocycles. The molecule has 0 amide bonds. The Hall–Kier alpha value is -0.980. The van der Waals surface area contributed by atoms with Gasteiger partial charge in [0, 0.05) is 18.8 Å². The molecule has 0 aliphatic carbocycles. The van der Waals surface area contributed by atoms with Crippen LogP contribution in [0.5, 0.6) is 0 Å². The van der Waals surface area contributed by atoms with Gasteiger partial charge in [-0.1, -0.05) is 32.0 Å². The molecule has 1 aliphatic rings. The van der Waals surface area contributed by atoms with Crippen LogP contribution in [0, 0.1) is 0 Å². The Labute approximate surface area is 93.1 Å². The molecule has 0 spiro atoms. The van der Waals surface area contributed by atoms with E-state index in [1.54, 1.807) is 5.56 Å². The molecule has 0 bridgehead atoms. The first-order valence-electron chi connectivity index (χ1n) is 6.20. The van der Waals surface area contributed by atoms with Gasteiger partial charge >= 0.3 is 0 Å². The van der Waals surface area contributed by atoms with Crippen molar-refractivity contribution < 1.29 is 0 Å². The smallest absolute Gasteiger partial charge is 0.0401 e. The molecule has 0 atom stereocenters. The predicted octanol–water partition coefficient (Wildman–Crippen LogP) is 3.80. The summed E-state index contributed by atoms with van der Waals surface area (Å²) in [7, 11) is 0. The van der Waals surface area contributed by atoms with Crippen LogP contribution in [0.1, 0.15) is 44.6 Å². The fraction of sp³-hybridized carbons (Fsp3) is 0.571. The van der Waals surface area contributed by atoms with Crippen LogP contribution in [-0.2, 0) is 0 Å². The van der Waals surface area contributed by atoms with E-state index in [-0.39, 0.29) is 0 Å². The second-order valence-corrected chi connectivity index (χ2v) is 4.41. The van der Waals surface area contributed by atoms with E-state index in [0.717, 1.165) is 5.92 Å². The number of rotatable bonds is 4. The summed E-state index contributed by atoms with van der Waals surface area (Å²) in [5, 5.41) is 0. The van der Waals surface area contributed by atoms with E-state index < -0.39 is 0 Å². The largest absolute Gasteiger partial charge is 0.371 e. The number of para-hydroxylation sites is 1. The molecule has 15 heavy (non-hydrogen) atoms. The minimum atomic E-state index is 0.738. The van der Waals surface area contributed by atoms with Gasteiger partial charge in [0.15, 0.2) is 0 Å². The molecule has 82 valence electrons. The lowest BCUT2D eigenvalue weighted by molar-refractivity contribution is 0.596. The highest BCUT2D eigenvalue weighted by molar-refractivity contribution is 5.56. The molecular weight excluding hydrogens is 182 g/mol. The lowest BCUT2D eigenvalue weighted by Crippen LogP contribution is -2.37. The maximum Gasteiger partial charge on any atom is 0.0401 e. The van der Waals surface area contributed by atoms with Gasteiger partial charge in [-0.25, -0.2) is 0 Å². The standard InChI is InChI=1S/C14H21N/c1-3-12(4-2)13-8-5-6-9-14(13)15-10-7-11-15/h5-6,8-9,12H,3-4,7,10-11H2,1-2H3. The van der Waals surface area contributed by atoms with Crippen molar-refractivity contribution in [2.45, 2.75) is 39.0 Å². The number of hydrogen-bond donors (Lipinski definition) is 0. The van der Waals surface area contributed by atoms with Crippen molar-refractivity contribution in [1.82, 2.24) is 0 Å². The number of hydrogen-bond acceptors (Lipinski definition) is 1. The predicted molar refractivity (Wildman–Crippen MR) is 66.6 cm³/mol. The third-order valence-corrected chi connectivity index (χ3v) is 3.56. The van der Waals surface area contributed by atoms with E-state index in [9.17, 15) is 0 Å². The fourth-order valence-corrected chi connectivity index (χ4v) is 2.41. The average molecular weight is 203 g/mol. The molecule has 0 radical (unpaired) electrons. The van der Waals surface area contributed by atoms with Crippen molar-refractivity contribution in [1.29, 1.82) is 0 Å². The summed E-state index contributed by atoms with van der Waals surface area (Å²) in [4.78, 5) is 2.51. The summed E-state index contributed by atoms with van der Waals surface area (Å²) in [6.07, 6.45) is 3.86. The van der Waals surface area contributed by atoms with Gasteiger partial charge in [-0.05, 0) is 36.8 Å². The Morgan fingerprint density at radius 1 is 1.13 bits per heavy atom. The van der Waals surface area contributed by atoms with Crippen molar-refractivity contribution in [3.63, 3.8) is 0 Å². The number of benzene rings is 1. The molecule has 1 heterocycles. The molecule has 1 aliphatic heterocycles. The van der Waals surface area contributed by atoms with Crippen LogP contribution in [0.25, 0.3) is 0 Å². The van der Waals surface area contributed by atoms with E-state index in [0.29, 0.717) is 0 Å².